The quantitative estimate of drug-likeness (QED) is 0.457. The van der Waals surface area contributed by atoms with Crippen molar-refractivity contribution >= 4 is 17.9 Å². The molecule has 0 bridgehead atoms. The molecule has 1 N–H and O–H groups in total. The van der Waals surface area contributed by atoms with Gasteiger partial charge in [-0.3, -0.25) is 9.59 Å². The Morgan fingerprint density at radius 1 is 1.41 bits per heavy atom. The predicted molar refractivity (Wildman–Crippen MR) is 62.4 cm³/mol. The Morgan fingerprint density at radius 3 is 2.59 bits per heavy atom. The van der Waals surface area contributed by atoms with Crippen LogP contribution in [-0.4, -0.2) is 28.7 Å². The second-order valence-electron chi connectivity index (χ2n) is 3.59. The molecule has 1 atom stereocenters. The van der Waals surface area contributed by atoms with E-state index in [9.17, 15) is 9.59 Å². The SMILES string of the molecule is CC(=O)N[C@@H](Cc1ccccc1)C(=O)C=[N+]=[N-]. The van der Waals surface area contributed by atoms with Gasteiger partial charge in [-0.25, -0.2) is 0 Å². The normalized spacial score (nSPS) is 11.1. The Bertz CT molecular complexity index is 450. The van der Waals surface area contributed by atoms with Crippen LogP contribution in [0.4, 0.5) is 0 Å². The zero-order valence-electron chi connectivity index (χ0n) is 9.46. The highest BCUT2D eigenvalue weighted by Crippen LogP contribution is 2.03. The van der Waals surface area contributed by atoms with Gasteiger partial charge >= 0.3 is 6.21 Å². The highest BCUT2D eigenvalue weighted by atomic mass is 16.2. The van der Waals surface area contributed by atoms with Crippen molar-refractivity contribution < 1.29 is 14.4 Å². The van der Waals surface area contributed by atoms with Crippen LogP contribution in [0.1, 0.15) is 12.5 Å². The molecule has 0 aliphatic rings. The van der Waals surface area contributed by atoms with Gasteiger partial charge < -0.3 is 10.8 Å². The monoisotopic (exact) mass is 231 g/mol. The molecule has 1 aromatic carbocycles. The third-order valence-electron chi connectivity index (χ3n) is 2.19. The number of Topliss-reactive ketones (excluding diaryl/α,β-unsaturated/α-hetero) is 1. The summed E-state index contributed by atoms with van der Waals surface area (Å²) in [7, 11) is 0. The van der Waals surface area contributed by atoms with Crippen molar-refractivity contribution in [2.24, 2.45) is 0 Å². The van der Waals surface area contributed by atoms with Crippen molar-refractivity contribution in [3.8, 4) is 0 Å². The number of nitrogens with zero attached hydrogens (tertiary/aromatic N) is 2. The molecule has 1 amide bonds. The highest BCUT2D eigenvalue weighted by molar-refractivity contribution is 6.28. The van der Waals surface area contributed by atoms with Gasteiger partial charge in [0.2, 0.25) is 5.91 Å². The minimum absolute atomic E-state index is 0.300. The largest absolute Gasteiger partial charge is 0.361 e. The summed E-state index contributed by atoms with van der Waals surface area (Å²) in [6.45, 7) is 1.33. The van der Waals surface area contributed by atoms with Gasteiger partial charge in [-0.1, -0.05) is 30.3 Å². The van der Waals surface area contributed by atoms with Gasteiger partial charge in [-0.05, 0) is 5.56 Å². The summed E-state index contributed by atoms with van der Waals surface area (Å²) in [6.07, 6.45) is 1.16. The zero-order chi connectivity index (χ0) is 12.7. The minimum atomic E-state index is -0.703. The van der Waals surface area contributed by atoms with E-state index in [0.717, 1.165) is 11.8 Å². The van der Waals surface area contributed by atoms with E-state index in [4.69, 9.17) is 5.53 Å². The van der Waals surface area contributed by atoms with Crippen LogP contribution in [0.2, 0.25) is 0 Å². The minimum Gasteiger partial charge on any atom is -0.361 e. The summed E-state index contributed by atoms with van der Waals surface area (Å²) in [5.41, 5.74) is 9.24. The van der Waals surface area contributed by atoms with E-state index in [2.05, 4.69) is 10.1 Å². The maximum absolute atomic E-state index is 11.6. The fourth-order valence-electron chi connectivity index (χ4n) is 1.46. The van der Waals surface area contributed by atoms with Gasteiger partial charge in [-0.2, -0.15) is 4.79 Å². The van der Waals surface area contributed by atoms with Gasteiger partial charge in [0.05, 0.1) is 0 Å². The van der Waals surface area contributed by atoms with Crippen molar-refractivity contribution in [1.82, 2.24) is 5.32 Å². The van der Waals surface area contributed by atoms with E-state index in [1.54, 1.807) is 0 Å². The average Bonchev–Trinajstić information content (AvgIpc) is 2.29. The number of nitrogens with one attached hydrogen (secondary N) is 1. The fourth-order valence-corrected chi connectivity index (χ4v) is 1.46. The first-order valence-electron chi connectivity index (χ1n) is 5.15. The molecule has 1 aromatic rings. The molecule has 0 aliphatic heterocycles. The third-order valence-corrected chi connectivity index (χ3v) is 2.19. The van der Waals surface area contributed by atoms with E-state index < -0.39 is 11.8 Å². The molecular formula is C12H13N3O2. The molecule has 0 saturated heterocycles. The Morgan fingerprint density at radius 2 is 2.06 bits per heavy atom. The Hall–Kier alpha value is -2.26. The predicted octanol–water partition coefficient (Wildman–Crippen LogP) is 0.603. The van der Waals surface area contributed by atoms with Gasteiger partial charge in [0.15, 0.2) is 0 Å². The van der Waals surface area contributed by atoms with Gasteiger partial charge in [-0.15, -0.1) is 0 Å². The van der Waals surface area contributed by atoms with Crippen LogP contribution in [0, 0.1) is 0 Å². The smallest absolute Gasteiger partial charge is 0.325 e. The number of amides is 1. The molecule has 0 spiro atoms. The summed E-state index contributed by atoms with van der Waals surface area (Å²) in [5, 5.41) is 2.52. The van der Waals surface area contributed by atoms with Crippen LogP contribution in [0.25, 0.3) is 5.53 Å². The number of benzene rings is 1. The summed E-state index contributed by atoms with van der Waals surface area (Å²) in [5.74, 6) is -0.739. The average molecular weight is 231 g/mol. The lowest BCUT2D eigenvalue weighted by atomic mass is 10.0. The van der Waals surface area contributed by atoms with Crippen molar-refractivity contribution in [3.63, 3.8) is 0 Å². The summed E-state index contributed by atoms with van der Waals surface area (Å²) in [6, 6.07) is 8.59. The van der Waals surface area contributed by atoms with Crippen LogP contribution in [0.15, 0.2) is 30.3 Å². The van der Waals surface area contributed by atoms with Crippen molar-refractivity contribution in [1.29, 1.82) is 0 Å². The molecule has 0 heterocycles. The van der Waals surface area contributed by atoms with Crippen LogP contribution in [-0.2, 0) is 16.0 Å². The van der Waals surface area contributed by atoms with E-state index >= 15 is 0 Å². The molecular weight excluding hydrogens is 218 g/mol. The maximum Gasteiger partial charge on any atom is 0.325 e. The van der Waals surface area contributed by atoms with E-state index in [-0.39, 0.29) is 5.91 Å². The summed E-state index contributed by atoms with van der Waals surface area (Å²) in [4.78, 5) is 25.2. The first-order valence-corrected chi connectivity index (χ1v) is 5.15. The second kappa shape index (κ2) is 6.35. The lowest BCUT2D eigenvalue weighted by Gasteiger charge is -2.12. The Kier molecular flexibility index (Phi) is 4.78. The van der Waals surface area contributed by atoms with E-state index in [1.165, 1.54) is 6.92 Å². The fraction of sp³-hybridized carbons (Fsp3) is 0.250. The van der Waals surface area contributed by atoms with Crippen LogP contribution < -0.4 is 5.32 Å². The van der Waals surface area contributed by atoms with Crippen molar-refractivity contribution in [2.75, 3.05) is 0 Å². The number of carbonyl (C=O) groups excluding carboxylic acids is 2. The number of hydrogen-bond acceptors (Lipinski definition) is 2. The van der Waals surface area contributed by atoms with Gasteiger partial charge in [0, 0.05) is 13.3 Å². The molecule has 88 valence electrons. The lowest BCUT2D eigenvalue weighted by Crippen LogP contribution is -2.42. The Balaban J connectivity index is 2.80. The molecule has 0 aliphatic carbocycles. The second-order valence-corrected chi connectivity index (χ2v) is 3.59. The van der Waals surface area contributed by atoms with Gasteiger partial charge in [0.1, 0.15) is 6.04 Å². The summed E-state index contributed by atoms with van der Waals surface area (Å²) >= 11 is 0. The van der Waals surface area contributed by atoms with E-state index in [0.29, 0.717) is 6.42 Å². The summed E-state index contributed by atoms with van der Waals surface area (Å²) < 4.78 is 0. The molecule has 0 fully saturated rings. The first-order chi connectivity index (χ1) is 8.13. The van der Waals surface area contributed by atoms with Gasteiger partial charge in [0.25, 0.3) is 5.78 Å². The van der Waals surface area contributed by atoms with Crippen LogP contribution >= 0.6 is 0 Å². The highest BCUT2D eigenvalue weighted by Gasteiger charge is 2.20. The maximum atomic E-state index is 11.6. The number of ketones is 1. The number of carbonyl (C=O) groups is 2. The molecule has 0 unspecified atom stereocenters. The topological polar surface area (TPSA) is 82.6 Å². The van der Waals surface area contributed by atoms with E-state index in [1.807, 2.05) is 30.3 Å². The van der Waals surface area contributed by atoms with Crippen molar-refractivity contribution in [2.45, 2.75) is 19.4 Å². The van der Waals surface area contributed by atoms with Crippen LogP contribution in [0.5, 0.6) is 0 Å². The van der Waals surface area contributed by atoms with Crippen LogP contribution in [0.3, 0.4) is 0 Å². The molecule has 5 nitrogen and oxygen atoms in total. The zero-order valence-corrected chi connectivity index (χ0v) is 9.46. The third kappa shape index (κ3) is 4.40. The van der Waals surface area contributed by atoms with Crippen molar-refractivity contribution in [3.05, 3.63) is 41.4 Å². The lowest BCUT2D eigenvalue weighted by molar-refractivity contribution is -0.124. The molecule has 0 saturated carbocycles. The molecule has 1 rings (SSSR count). The standard InChI is InChI=1S/C12H13N3O2/c1-9(16)15-11(12(17)8-14-13)7-10-5-3-2-4-6-10/h2-6,8,11H,7H2,1H3,(H,15,16)/t11-/m0/s1. The molecule has 5 heteroatoms. The Labute approximate surface area is 99.1 Å². The molecule has 17 heavy (non-hydrogen) atoms. The number of rotatable bonds is 5. The number of hydrogen-bond donors (Lipinski definition) is 1. The molecule has 0 radical (unpaired) electrons. The first kappa shape index (κ1) is 12.8. The molecule has 0 aromatic heterocycles.